The van der Waals surface area contributed by atoms with E-state index in [9.17, 15) is 4.39 Å². The zero-order valence-corrected chi connectivity index (χ0v) is 13.8. The van der Waals surface area contributed by atoms with Crippen LogP contribution in [0.1, 0.15) is 11.1 Å². The molecule has 2 aromatic carbocycles. The molecule has 0 fully saturated rings. The number of nitrogens with zero attached hydrogens (tertiary/aromatic N) is 3. The third-order valence-electron chi connectivity index (χ3n) is 3.73. The van der Waals surface area contributed by atoms with Gasteiger partial charge < -0.3 is 10.6 Å². The summed E-state index contributed by atoms with van der Waals surface area (Å²) in [6.07, 6.45) is 3.28. The Bertz CT molecular complexity index is 777. The van der Waals surface area contributed by atoms with Gasteiger partial charge in [-0.05, 0) is 36.1 Å². The second-order valence-corrected chi connectivity index (χ2v) is 5.63. The van der Waals surface area contributed by atoms with E-state index in [1.54, 1.807) is 18.3 Å². The first-order valence-corrected chi connectivity index (χ1v) is 8.25. The molecule has 25 heavy (non-hydrogen) atoms. The highest BCUT2D eigenvalue weighted by Crippen LogP contribution is 2.07. The molecule has 0 aliphatic heterocycles. The molecule has 0 saturated heterocycles. The van der Waals surface area contributed by atoms with Gasteiger partial charge >= 0.3 is 0 Å². The number of nitrogens with one attached hydrogen (secondary N) is 2. The minimum Gasteiger partial charge on any atom is -0.368 e. The van der Waals surface area contributed by atoms with Crippen LogP contribution in [0.15, 0.2) is 60.8 Å². The van der Waals surface area contributed by atoms with Gasteiger partial charge in [0.25, 0.3) is 0 Å². The van der Waals surface area contributed by atoms with Crippen LogP contribution in [0.4, 0.5) is 16.2 Å². The van der Waals surface area contributed by atoms with E-state index in [1.807, 2.05) is 18.2 Å². The van der Waals surface area contributed by atoms with Crippen molar-refractivity contribution >= 4 is 11.8 Å². The molecule has 0 atom stereocenters. The summed E-state index contributed by atoms with van der Waals surface area (Å²) in [4.78, 5) is 4.39. The lowest BCUT2D eigenvalue weighted by Crippen LogP contribution is -2.12. The molecule has 1 aromatic heterocycles. The van der Waals surface area contributed by atoms with Crippen LogP contribution in [0, 0.1) is 5.82 Å². The summed E-state index contributed by atoms with van der Waals surface area (Å²) >= 11 is 0. The Kier molecular flexibility index (Phi) is 5.87. The Morgan fingerprint density at radius 2 is 1.48 bits per heavy atom. The summed E-state index contributed by atoms with van der Waals surface area (Å²) in [5, 5.41) is 14.3. The van der Waals surface area contributed by atoms with Crippen molar-refractivity contribution in [3.63, 3.8) is 0 Å². The molecule has 5 nitrogen and oxygen atoms in total. The first-order valence-electron chi connectivity index (χ1n) is 8.25. The number of aromatic nitrogens is 3. The summed E-state index contributed by atoms with van der Waals surface area (Å²) in [7, 11) is 0. The Balaban J connectivity index is 1.45. The van der Waals surface area contributed by atoms with Gasteiger partial charge in [0, 0.05) is 13.1 Å². The second kappa shape index (κ2) is 8.73. The molecule has 0 saturated carbocycles. The Morgan fingerprint density at radius 1 is 0.800 bits per heavy atom. The van der Waals surface area contributed by atoms with Crippen LogP contribution in [0.5, 0.6) is 0 Å². The SMILES string of the molecule is Fc1ccc(CCNc2nncc(NCCc3ccccc3)n2)cc1. The first kappa shape index (κ1) is 16.8. The van der Waals surface area contributed by atoms with Crippen molar-refractivity contribution in [2.75, 3.05) is 23.7 Å². The number of hydrogen-bond acceptors (Lipinski definition) is 5. The molecule has 0 aliphatic carbocycles. The number of benzene rings is 2. The number of hydrogen-bond donors (Lipinski definition) is 2. The normalized spacial score (nSPS) is 10.4. The topological polar surface area (TPSA) is 62.7 Å². The van der Waals surface area contributed by atoms with E-state index < -0.39 is 0 Å². The van der Waals surface area contributed by atoms with Crippen molar-refractivity contribution in [1.82, 2.24) is 15.2 Å². The van der Waals surface area contributed by atoms with E-state index in [1.165, 1.54) is 17.7 Å². The van der Waals surface area contributed by atoms with Gasteiger partial charge in [0.1, 0.15) is 5.82 Å². The van der Waals surface area contributed by atoms with Gasteiger partial charge in [0.15, 0.2) is 5.82 Å². The monoisotopic (exact) mass is 337 g/mol. The summed E-state index contributed by atoms with van der Waals surface area (Å²) in [5.74, 6) is 0.945. The maximum atomic E-state index is 12.9. The third-order valence-corrected chi connectivity index (χ3v) is 3.73. The molecule has 0 radical (unpaired) electrons. The Labute approximate surface area is 146 Å². The average molecular weight is 337 g/mol. The molecule has 0 bridgehead atoms. The molecule has 3 rings (SSSR count). The summed E-state index contributed by atoms with van der Waals surface area (Å²) in [5.41, 5.74) is 2.33. The zero-order chi connectivity index (χ0) is 17.3. The smallest absolute Gasteiger partial charge is 0.244 e. The molecular formula is C19H20FN5. The fraction of sp³-hybridized carbons (Fsp3) is 0.211. The highest BCUT2D eigenvalue weighted by Gasteiger charge is 2.01. The predicted octanol–water partition coefficient (Wildman–Crippen LogP) is 3.32. The van der Waals surface area contributed by atoms with Crippen LogP contribution in [-0.2, 0) is 12.8 Å². The molecule has 0 aliphatic rings. The van der Waals surface area contributed by atoms with E-state index in [2.05, 4.69) is 37.9 Å². The number of anilines is 2. The van der Waals surface area contributed by atoms with Crippen molar-refractivity contribution in [3.05, 3.63) is 77.7 Å². The van der Waals surface area contributed by atoms with Crippen LogP contribution < -0.4 is 10.6 Å². The summed E-state index contributed by atoms with van der Waals surface area (Å²) < 4.78 is 12.9. The van der Waals surface area contributed by atoms with Crippen molar-refractivity contribution in [1.29, 1.82) is 0 Å². The molecular weight excluding hydrogens is 317 g/mol. The maximum Gasteiger partial charge on any atom is 0.244 e. The molecule has 1 heterocycles. The zero-order valence-electron chi connectivity index (χ0n) is 13.8. The van der Waals surface area contributed by atoms with E-state index >= 15 is 0 Å². The molecule has 128 valence electrons. The van der Waals surface area contributed by atoms with Crippen LogP contribution in [0.25, 0.3) is 0 Å². The second-order valence-electron chi connectivity index (χ2n) is 5.63. The van der Waals surface area contributed by atoms with Crippen LogP contribution in [-0.4, -0.2) is 28.3 Å². The van der Waals surface area contributed by atoms with Crippen molar-refractivity contribution in [3.8, 4) is 0 Å². The minimum atomic E-state index is -0.224. The van der Waals surface area contributed by atoms with Gasteiger partial charge in [0.2, 0.25) is 5.95 Å². The predicted molar refractivity (Wildman–Crippen MR) is 97.1 cm³/mol. The van der Waals surface area contributed by atoms with E-state index in [-0.39, 0.29) is 5.82 Å². The molecule has 3 aromatic rings. The lowest BCUT2D eigenvalue weighted by atomic mass is 10.1. The fourth-order valence-corrected chi connectivity index (χ4v) is 2.41. The van der Waals surface area contributed by atoms with Crippen LogP contribution in [0.2, 0.25) is 0 Å². The Morgan fingerprint density at radius 3 is 2.24 bits per heavy atom. The van der Waals surface area contributed by atoms with Gasteiger partial charge in [-0.2, -0.15) is 10.1 Å². The average Bonchev–Trinajstić information content (AvgIpc) is 2.65. The van der Waals surface area contributed by atoms with Gasteiger partial charge in [0.05, 0.1) is 6.20 Å². The quantitative estimate of drug-likeness (QED) is 0.660. The highest BCUT2D eigenvalue weighted by molar-refractivity contribution is 5.37. The molecule has 6 heteroatoms. The summed E-state index contributed by atoms with van der Waals surface area (Å²) in [6.45, 7) is 1.43. The van der Waals surface area contributed by atoms with Crippen molar-refractivity contribution in [2.24, 2.45) is 0 Å². The van der Waals surface area contributed by atoms with E-state index in [4.69, 9.17) is 0 Å². The lowest BCUT2D eigenvalue weighted by Gasteiger charge is -2.08. The third kappa shape index (κ3) is 5.53. The number of rotatable bonds is 8. The maximum absolute atomic E-state index is 12.9. The minimum absolute atomic E-state index is 0.224. The summed E-state index contributed by atoms with van der Waals surface area (Å²) in [6, 6.07) is 16.7. The molecule has 2 N–H and O–H groups in total. The largest absolute Gasteiger partial charge is 0.368 e. The van der Waals surface area contributed by atoms with Gasteiger partial charge in [-0.3, -0.25) is 0 Å². The van der Waals surface area contributed by atoms with Gasteiger partial charge in [-0.1, -0.05) is 42.5 Å². The number of halogens is 1. The standard InChI is InChI=1S/C19H20FN5/c20-17-8-6-16(7-9-17)11-13-22-19-24-18(14-23-25-19)21-12-10-15-4-2-1-3-5-15/h1-9,14H,10-13H2,(H2,21,22,24,25). The van der Waals surface area contributed by atoms with Gasteiger partial charge in [-0.25, -0.2) is 4.39 Å². The highest BCUT2D eigenvalue weighted by atomic mass is 19.1. The van der Waals surface area contributed by atoms with Crippen LogP contribution >= 0.6 is 0 Å². The van der Waals surface area contributed by atoms with Gasteiger partial charge in [-0.15, -0.1) is 5.10 Å². The molecule has 0 unspecified atom stereocenters. The van der Waals surface area contributed by atoms with Crippen molar-refractivity contribution in [2.45, 2.75) is 12.8 Å². The lowest BCUT2D eigenvalue weighted by molar-refractivity contribution is 0.627. The van der Waals surface area contributed by atoms with E-state index in [0.29, 0.717) is 18.3 Å². The first-order chi connectivity index (χ1) is 12.3. The van der Waals surface area contributed by atoms with Crippen molar-refractivity contribution < 1.29 is 4.39 Å². The Hall–Kier alpha value is -3.02. The molecule has 0 amide bonds. The fourth-order valence-electron chi connectivity index (χ4n) is 2.41. The van der Waals surface area contributed by atoms with E-state index in [0.717, 1.165) is 24.9 Å². The van der Waals surface area contributed by atoms with Crippen LogP contribution in [0.3, 0.4) is 0 Å². The molecule has 0 spiro atoms.